The van der Waals surface area contributed by atoms with Crippen molar-refractivity contribution in [3.05, 3.63) is 130 Å². The van der Waals surface area contributed by atoms with Crippen molar-refractivity contribution in [2.24, 2.45) is 0 Å². The first-order valence-electron chi connectivity index (χ1n) is 13.4. The first-order chi connectivity index (χ1) is 20.9. The van der Waals surface area contributed by atoms with Crippen LogP contribution in [-0.4, -0.2) is 58.6 Å². The van der Waals surface area contributed by atoms with Gasteiger partial charge in [-0.15, -0.1) is 0 Å². The van der Waals surface area contributed by atoms with E-state index in [0.29, 0.717) is 16.4 Å². The lowest BCUT2D eigenvalue weighted by molar-refractivity contribution is -0.0671. The SMILES string of the molecule is CSc1nc(=O)cc(C)n1[C@@H]1O[C@H](COC(=O)c2ccccc2)[C@@H](OC(=O)c2ccccc2)[C@H]1OC(=O)c1ccccc1. The van der Waals surface area contributed by atoms with Crippen LogP contribution in [0.5, 0.6) is 0 Å². The Kier molecular flexibility index (Phi) is 9.33. The molecular formula is C32H28N2O8S. The van der Waals surface area contributed by atoms with E-state index in [9.17, 15) is 19.2 Å². The molecule has 0 spiro atoms. The number of carbonyl (C=O) groups excluding carboxylic acids is 3. The highest BCUT2D eigenvalue weighted by Crippen LogP contribution is 2.37. The van der Waals surface area contributed by atoms with Crippen LogP contribution in [0.2, 0.25) is 0 Å². The van der Waals surface area contributed by atoms with E-state index in [4.69, 9.17) is 18.9 Å². The maximum absolute atomic E-state index is 13.3. The predicted octanol–water partition coefficient (Wildman–Crippen LogP) is 4.48. The molecule has 0 unspecified atom stereocenters. The van der Waals surface area contributed by atoms with Crippen LogP contribution >= 0.6 is 11.8 Å². The normalized spacial score (nSPS) is 19.4. The molecule has 0 aliphatic carbocycles. The number of ether oxygens (including phenoxy) is 4. The van der Waals surface area contributed by atoms with Crippen molar-refractivity contribution in [1.29, 1.82) is 0 Å². The Bertz CT molecular complexity index is 1650. The van der Waals surface area contributed by atoms with Gasteiger partial charge in [0.2, 0.25) is 0 Å². The monoisotopic (exact) mass is 600 g/mol. The number of thioether (sulfide) groups is 1. The third kappa shape index (κ3) is 6.85. The second kappa shape index (κ2) is 13.5. The Labute approximate surface area is 251 Å². The van der Waals surface area contributed by atoms with Crippen LogP contribution in [0.4, 0.5) is 0 Å². The van der Waals surface area contributed by atoms with Crippen molar-refractivity contribution in [2.45, 2.75) is 36.6 Å². The highest BCUT2D eigenvalue weighted by Gasteiger charge is 2.52. The van der Waals surface area contributed by atoms with E-state index in [2.05, 4.69) is 4.98 Å². The molecule has 11 heteroatoms. The fourth-order valence-electron chi connectivity index (χ4n) is 4.70. The van der Waals surface area contributed by atoms with Crippen molar-refractivity contribution in [1.82, 2.24) is 9.55 Å². The molecule has 4 aromatic rings. The van der Waals surface area contributed by atoms with Crippen LogP contribution in [-0.2, 0) is 18.9 Å². The molecule has 1 saturated heterocycles. The molecule has 220 valence electrons. The molecule has 0 saturated carbocycles. The van der Waals surface area contributed by atoms with E-state index in [-0.39, 0.29) is 17.7 Å². The number of hydrogen-bond acceptors (Lipinski definition) is 10. The third-order valence-electron chi connectivity index (χ3n) is 6.74. The van der Waals surface area contributed by atoms with Crippen LogP contribution in [0.3, 0.4) is 0 Å². The molecule has 1 aromatic heterocycles. The maximum Gasteiger partial charge on any atom is 0.338 e. The summed E-state index contributed by atoms with van der Waals surface area (Å²) in [4.78, 5) is 55.8. The van der Waals surface area contributed by atoms with Gasteiger partial charge in [-0.2, -0.15) is 4.98 Å². The van der Waals surface area contributed by atoms with E-state index >= 15 is 0 Å². The minimum absolute atomic E-state index is 0.269. The molecule has 0 bridgehead atoms. The summed E-state index contributed by atoms with van der Waals surface area (Å²) in [5.41, 5.74) is 0.893. The summed E-state index contributed by atoms with van der Waals surface area (Å²) < 4.78 is 25.5. The lowest BCUT2D eigenvalue weighted by Gasteiger charge is -2.27. The van der Waals surface area contributed by atoms with Gasteiger partial charge in [-0.3, -0.25) is 9.36 Å². The largest absolute Gasteiger partial charge is 0.459 e. The summed E-state index contributed by atoms with van der Waals surface area (Å²) in [6, 6.07) is 26.4. The predicted molar refractivity (Wildman–Crippen MR) is 157 cm³/mol. The smallest absolute Gasteiger partial charge is 0.338 e. The molecule has 0 N–H and O–H groups in total. The van der Waals surface area contributed by atoms with E-state index in [1.807, 2.05) is 0 Å². The van der Waals surface area contributed by atoms with Gasteiger partial charge in [0, 0.05) is 11.8 Å². The fourth-order valence-corrected chi connectivity index (χ4v) is 5.32. The molecule has 0 radical (unpaired) electrons. The number of aryl methyl sites for hydroxylation is 1. The molecule has 1 aliphatic heterocycles. The Morgan fingerprint density at radius 2 is 1.28 bits per heavy atom. The van der Waals surface area contributed by atoms with Gasteiger partial charge >= 0.3 is 17.9 Å². The van der Waals surface area contributed by atoms with Gasteiger partial charge in [0.15, 0.2) is 23.6 Å². The van der Waals surface area contributed by atoms with Gasteiger partial charge in [0.25, 0.3) is 5.56 Å². The van der Waals surface area contributed by atoms with Gasteiger partial charge in [-0.25, -0.2) is 14.4 Å². The Balaban J connectivity index is 1.54. The van der Waals surface area contributed by atoms with E-state index < -0.39 is 48.0 Å². The van der Waals surface area contributed by atoms with Crippen LogP contribution in [0.1, 0.15) is 43.0 Å². The molecule has 0 amide bonds. The lowest BCUT2D eigenvalue weighted by Crippen LogP contribution is -2.41. The van der Waals surface area contributed by atoms with Crippen LogP contribution in [0.25, 0.3) is 0 Å². The van der Waals surface area contributed by atoms with Crippen LogP contribution in [0.15, 0.2) is 107 Å². The van der Waals surface area contributed by atoms with Gasteiger partial charge in [-0.05, 0) is 49.6 Å². The summed E-state index contributed by atoms with van der Waals surface area (Å²) in [7, 11) is 0. The number of esters is 3. The second-order valence-corrected chi connectivity index (χ2v) is 10.4. The van der Waals surface area contributed by atoms with Crippen molar-refractivity contribution < 1.29 is 33.3 Å². The van der Waals surface area contributed by atoms with Crippen molar-refractivity contribution in [3.8, 4) is 0 Å². The third-order valence-corrected chi connectivity index (χ3v) is 7.39. The number of hydrogen-bond donors (Lipinski definition) is 0. The Morgan fingerprint density at radius 3 is 1.79 bits per heavy atom. The standard InChI is InChI=1S/C32H28N2O8S/c1-20-18-25(35)33-32(43-2)34(20)28-27(42-31(38)23-16-10-5-11-17-23)26(41-30(37)22-14-8-4-9-15-22)24(40-28)19-39-29(36)21-12-6-3-7-13-21/h3-18,24,26-28H,19H2,1-2H3/t24-,26-,27-,28-/m1/s1. The summed E-state index contributed by atoms with van der Waals surface area (Å²) in [5, 5.41) is 0.297. The molecule has 43 heavy (non-hydrogen) atoms. The first-order valence-corrected chi connectivity index (χ1v) is 14.6. The first kappa shape index (κ1) is 29.7. The minimum atomic E-state index is -1.21. The number of carbonyl (C=O) groups is 3. The molecule has 4 atom stereocenters. The average Bonchev–Trinajstić information content (AvgIpc) is 3.36. The Morgan fingerprint density at radius 1 is 0.791 bits per heavy atom. The van der Waals surface area contributed by atoms with Gasteiger partial charge in [0.05, 0.1) is 16.7 Å². The summed E-state index contributed by atoms with van der Waals surface area (Å²) >= 11 is 1.19. The summed E-state index contributed by atoms with van der Waals surface area (Å²) in [6.07, 6.45) is -2.81. The number of benzene rings is 3. The summed E-state index contributed by atoms with van der Waals surface area (Å²) in [6.45, 7) is 1.37. The van der Waals surface area contributed by atoms with E-state index in [1.165, 1.54) is 17.8 Å². The molecule has 3 aromatic carbocycles. The molecule has 1 fully saturated rings. The number of rotatable bonds is 9. The van der Waals surface area contributed by atoms with Crippen LogP contribution in [0, 0.1) is 6.92 Å². The highest BCUT2D eigenvalue weighted by molar-refractivity contribution is 7.98. The maximum atomic E-state index is 13.3. The lowest BCUT2D eigenvalue weighted by atomic mass is 10.1. The summed E-state index contributed by atoms with van der Waals surface area (Å²) in [5.74, 6) is -1.97. The molecule has 10 nitrogen and oxygen atoms in total. The van der Waals surface area contributed by atoms with Gasteiger partial charge < -0.3 is 18.9 Å². The van der Waals surface area contributed by atoms with Crippen molar-refractivity contribution in [3.63, 3.8) is 0 Å². The van der Waals surface area contributed by atoms with E-state index in [0.717, 1.165) is 0 Å². The number of aromatic nitrogens is 2. The quantitative estimate of drug-likeness (QED) is 0.118. The van der Waals surface area contributed by atoms with E-state index in [1.54, 1.807) is 109 Å². The molecular weight excluding hydrogens is 572 g/mol. The minimum Gasteiger partial charge on any atom is -0.459 e. The molecule has 2 heterocycles. The second-order valence-electron chi connectivity index (χ2n) is 9.59. The zero-order valence-corrected chi connectivity index (χ0v) is 24.1. The fraction of sp³-hybridized carbons (Fsp3) is 0.219. The topological polar surface area (TPSA) is 123 Å². The Hall–Kier alpha value is -4.74. The van der Waals surface area contributed by atoms with Crippen molar-refractivity contribution >= 4 is 29.7 Å². The number of nitrogens with zero attached hydrogens (tertiary/aromatic N) is 2. The van der Waals surface area contributed by atoms with Gasteiger partial charge in [0.1, 0.15) is 12.7 Å². The van der Waals surface area contributed by atoms with Crippen molar-refractivity contribution in [2.75, 3.05) is 12.9 Å². The molecule has 5 rings (SSSR count). The zero-order chi connectivity index (χ0) is 30.3. The highest BCUT2D eigenvalue weighted by atomic mass is 32.2. The zero-order valence-electron chi connectivity index (χ0n) is 23.3. The molecule has 1 aliphatic rings. The van der Waals surface area contributed by atoms with Gasteiger partial charge in [-0.1, -0.05) is 66.4 Å². The average molecular weight is 601 g/mol. The van der Waals surface area contributed by atoms with Crippen LogP contribution < -0.4 is 5.56 Å².